The number of para-hydroxylation sites is 1. The van der Waals surface area contributed by atoms with Crippen molar-refractivity contribution in [2.75, 3.05) is 18.4 Å². The molecular weight excluding hydrogens is 434 g/mol. The summed E-state index contributed by atoms with van der Waals surface area (Å²) in [6, 6.07) is 7.66. The second-order valence-corrected chi connectivity index (χ2v) is 9.47. The number of rotatable bonds is 4. The Morgan fingerprint density at radius 1 is 1.16 bits per heavy atom. The number of likely N-dealkylation sites (tertiary alicyclic amines) is 1. The van der Waals surface area contributed by atoms with Crippen LogP contribution in [0.4, 0.5) is 5.13 Å². The first-order valence-corrected chi connectivity index (χ1v) is 11.6. The summed E-state index contributed by atoms with van der Waals surface area (Å²) in [6.45, 7) is 3.17. The number of carbonyl (C=O) groups excluding carboxylic acids is 2. The number of aryl methyl sites for hydroxylation is 1. The van der Waals surface area contributed by atoms with Crippen molar-refractivity contribution in [1.29, 1.82) is 0 Å². The van der Waals surface area contributed by atoms with Crippen LogP contribution in [0.2, 0.25) is 0 Å². The highest BCUT2D eigenvalue weighted by atomic mass is 32.1. The number of carbonyl (C=O) groups is 2. The van der Waals surface area contributed by atoms with E-state index in [1.165, 1.54) is 33.6 Å². The predicted molar refractivity (Wildman–Crippen MR) is 122 cm³/mol. The Morgan fingerprint density at radius 2 is 1.94 bits per heavy atom. The number of nitrogens with zero attached hydrogens (tertiary/aromatic N) is 4. The highest BCUT2D eigenvalue weighted by molar-refractivity contribution is 7.23. The molecule has 3 aromatic heterocycles. The molecule has 0 aliphatic carbocycles. The van der Waals surface area contributed by atoms with Crippen molar-refractivity contribution in [2.45, 2.75) is 26.3 Å². The molecule has 1 N–H and O–H groups in total. The van der Waals surface area contributed by atoms with Crippen LogP contribution in [0.15, 0.2) is 35.4 Å². The van der Waals surface area contributed by atoms with Gasteiger partial charge in [-0.05, 0) is 37.5 Å². The molecule has 10 heteroatoms. The normalized spacial score (nSPS) is 13.9. The monoisotopic (exact) mass is 453 g/mol. The van der Waals surface area contributed by atoms with E-state index in [4.69, 9.17) is 0 Å². The highest BCUT2D eigenvalue weighted by Gasteiger charge is 2.23. The summed E-state index contributed by atoms with van der Waals surface area (Å²) >= 11 is 2.57. The molecule has 158 valence electrons. The van der Waals surface area contributed by atoms with Gasteiger partial charge >= 0.3 is 0 Å². The molecule has 1 aliphatic heterocycles. The third-order valence-electron chi connectivity index (χ3n) is 5.40. The van der Waals surface area contributed by atoms with Gasteiger partial charge in [0, 0.05) is 13.1 Å². The van der Waals surface area contributed by atoms with Gasteiger partial charge in [-0.2, -0.15) is 0 Å². The molecule has 4 aromatic rings. The first kappa shape index (κ1) is 19.8. The fourth-order valence-electron chi connectivity index (χ4n) is 3.78. The molecule has 2 amide bonds. The number of nitrogens with one attached hydrogen (secondary N) is 1. The van der Waals surface area contributed by atoms with E-state index in [1.807, 2.05) is 24.3 Å². The maximum absolute atomic E-state index is 13.0. The molecular formula is C21H19N5O3S2. The van der Waals surface area contributed by atoms with E-state index in [9.17, 15) is 14.4 Å². The van der Waals surface area contributed by atoms with Crippen molar-refractivity contribution in [3.8, 4) is 0 Å². The van der Waals surface area contributed by atoms with Gasteiger partial charge in [-0.15, -0.1) is 11.3 Å². The number of aromatic nitrogens is 3. The standard InChI is InChI=1S/C21H19N5O3S2/c1-12-16-19(22-11-26(20(16)29)10-15(27)25-8-4-5-9-25)31-17(12)18(28)24-21-23-13-6-2-3-7-14(13)30-21/h2-3,6-7,11H,4-5,8-10H2,1H3,(H,23,24,28). The van der Waals surface area contributed by atoms with Gasteiger partial charge in [0.25, 0.3) is 11.5 Å². The number of fused-ring (bicyclic) bond motifs is 2. The van der Waals surface area contributed by atoms with Crippen LogP contribution in [0.25, 0.3) is 20.4 Å². The molecule has 5 rings (SSSR count). The summed E-state index contributed by atoms with van der Waals surface area (Å²) < 4.78 is 2.32. The summed E-state index contributed by atoms with van der Waals surface area (Å²) in [5, 5.41) is 3.72. The number of thiazole rings is 1. The molecule has 8 nitrogen and oxygen atoms in total. The van der Waals surface area contributed by atoms with E-state index in [2.05, 4.69) is 15.3 Å². The van der Waals surface area contributed by atoms with Crippen molar-refractivity contribution < 1.29 is 9.59 Å². The minimum atomic E-state index is -0.321. The zero-order valence-corrected chi connectivity index (χ0v) is 18.4. The molecule has 0 bridgehead atoms. The van der Waals surface area contributed by atoms with Crippen molar-refractivity contribution >= 4 is 60.1 Å². The number of hydrogen-bond acceptors (Lipinski definition) is 7. The van der Waals surface area contributed by atoms with E-state index in [0.29, 0.717) is 25.8 Å². The summed E-state index contributed by atoms with van der Waals surface area (Å²) in [5.41, 5.74) is 1.09. The lowest BCUT2D eigenvalue weighted by molar-refractivity contribution is -0.130. The number of amides is 2. The summed E-state index contributed by atoms with van der Waals surface area (Å²) in [7, 11) is 0. The zero-order valence-electron chi connectivity index (χ0n) is 16.8. The van der Waals surface area contributed by atoms with E-state index in [1.54, 1.807) is 11.8 Å². The molecule has 1 fully saturated rings. The van der Waals surface area contributed by atoms with Gasteiger partial charge in [0.1, 0.15) is 11.4 Å². The van der Waals surface area contributed by atoms with Crippen LogP contribution in [0.5, 0.6) is 0 Å². The van der Waals surface area contributed by atoms with Crippen LogP contribution < -0.4 is 10.9 Å². The minimum absolute atomic E-state index is 0.0374. The molecule has 31 heavy (non-hydrogen) atoms. The topological polar surface area (TPSA) is 97.2 Å². The van der Waals surface area contributed by atoms with E-state index in [-0.39, 0.29) is 23.9 Å². The maximum atomic E-state index is 13.0. The predicted octanol–water partition coefficient (Wildman–Crippen LogP) is 3.25. The Balaban J connectivity index is 1.43. The lowest BCUT2D eigenvalue weighted by atomic mass is 10.2. The van der Waals surface area contributed by atoms with Crippen molar-refractivity contribution in [3.63, 3.8) is 0 Å². The van der Waals surface area contributed by atoms with Crippen LogP contribution in [0, 0.1) is 6.92 Å². The van der Waals surface area contributed by atoms with Crippen molar-refractivity contribution in [3.05, 3.63) is 51.4 Å². The molecule has 1 aromatic carbocycles. The second-order valence-electron chi connectivity index (χ2n) is 7.44. The zero-order chi connectivity index (χ0) is 21.5. The number of anilines is 1. The van der Waals surface area contributed by atoms with Gasteiger partial charge in [-0.25, -0.2) is 9.97 Å². The first-order valence-electron chi connectivity index (χ1n) is 9.94. The van der Waals surface area contributed by atoms with E-state index in [0.717, 1.165) is 36.1 Å². The van der Waals surface area contributed by atoms with Gasteiger partial charge in [0.05, 0.1) is 26.8 Å². The van der Waals surface area contributed by atoms with Crippen LogP contribution in [0.3, 0.4) is 0 Å². The largest absolute Gasteiger partial charge is 0.341 e. The van der Waals surface area contributed by atoms with Crippen LogP contribution >= 0.6 is 22.7 Å². The maximum Gasteiger partial charge on any atom is 0.267 e. The number of thiophene rings is 1. The average molecular weight is 454 g/mol. The van der Waals surface area contributed by atoms with Crippen molar-refractivity contribution in [2.24, 2.45) is 0 Å². The van der Waals surface area contributed by atoms with E-state index >= 15 is 0 Å². The fraction of sp³-hybridized carbons (Fsp3) is 0.286. The Hall–Kier alpha value is -3.11. The van der Waals surface area contributed by atoms with Gasteiger partial charge in [0.15, 0.2) is 5.13 Å². The lowest BCUT2D eigenvalue weighted by Crippen LogP contribution is -2.34. The summed E-state index contributed by atoms with van der Waals surface area (Å²) in [6.07, 6.45) is 3.38. The van der Waals surface area contributed by atoms with E-state index < -0.39 is 0 Å². The molecule has 0 unspecified atom stereocenters. The summed E-state index contributed by atoms with van der Waals surface area (Å²) in [5.74, 6) is -0.402. The Morgan fingerprint density at radius 3 is 2.71 bits per heavy atom. The quantitative estimate of drug-likeness (QED) is 0.512. The van der Waals surface area contributed by atoms with Crippen LogP contribution in [-0.2, 0) is 11.3 Å². The second kappa shape index (κ2) is 7.86. The SMILES string of the molecule is Cc1c(C(=O)Nc2nc3ccccc3s2)sc2ncn(CC(=O)N3CCCC3)c(=O)c12. The minimum Gasteiger partial charge on any atom is -0.341 e. The Bertz CT molecular complexity index is 1350. The average Bonchev–Trinajstić information content (AvgIpc) is 3.48. The Kier molecular flexibility index (Phi) is 5.03. The summed E-state index contributed by atoms with van der Waals surface area (Å²) in [4.78, 5) is 49.8. The van der Waals surface area contributed by atoms with Gasteiger partial charge < -0.3 is 4.90 Å². The molecule has 1 saturated heterocycles. The number of benzene rings is 1. The van der Waals surface area contributed by atoms with Crippen molar-refractivity contribution in [1.82, 2.24) is 19.4 Å². The lowest BCUT2D eigenvalue weighted by Gasteiger charge is -2.15. The molecule has 0 saturated carbocycles. The fourth-order valence-corrected chi connectivity index (χ4v) is 5.68. The molecule has 1 aliphatic rings. The van der Waals surface area contributed by atoms with Crippen LogP contribution in [0.1, 0.15) is 28.1 Å². The van der Waals surface area contributed by atoms with Gasteiger partial charge in [0.2, 0.25) is 5.91 Å². The van der Waals surface area contributed by atoms with Gasteiger partial charge in [-0.3, -0.25) is 24.3 Å². The molecule has 0 atom stereocenters. The third-order valence-corrected chi connectivity index (χ3v) is 7.55. The molecule has 0 radical (unpaired) electrons. The number of hydrogen-bond donors (Lipinski definition) is 1. The molecule has 4 heterocycles. The smallest absolute Gasteiger partial charge is 0.267 e. The van der Waals surface area contributed by atoms with Crippen LogP contribution in [-0.4, -0.2) is 44.3 Å². The highest BCUT2D eigenvalue weighted by Crippen LogP contribution is 2.30. The molecule has 0 spiro atoms. The third kappa shape index (κ3) is 3.61. The van der Waals surface area contributed by atoms with Gasteiger partial charge in [-0.1, -0.05) is 23.5 Å². The Labute approximate surface area is 185 Å². The first-order chi connectivity index (χ1) is 15.0.